The number of benzene rings is 1. The Labute approximate surface area is 143 Å². The Balaban J connectivity index is 3.01. The summed E-state index contributed by atoms with van der Waals surface area (Å²) < 4.78 is 0. The molecule has 0 spiro atoms. The molecular weight excluding hydrogens is 328 g/mol. The molecule has 25 heavy (non-hydrogen) atoms. The zero-order chi connectivity index (χ0) is 19.1. The number of allylic oxidation sites excluding steroid dienone is 2. The third-order valence-electron chi connectivity index (χ3n) is 4.28. The van der Waals surface area contributed by atoms with E-state index < -0.39 is 27.8 Å². The lowest BCUT2D eigenvalue weighted by molar-refractivity contribution is -0.386. The van der Waals surface area contributed by atoms with Gasteiger partial charge in [-0.1, -0.05) is 12.1 Å². The van der Waals surface area contributed by atoms with Crippen LogP contribution in [0.5, 0.6) is 0 Å². The van der Waals surface area contributed by atoms with Crippen LogP contribution >= 0.6 is 0 Å². The van der Waals surface area contributed by atoms with Crippen molar-refractivity contribution in [3.05, 3.63) is 62.5 Å². The monoisotopic (exact) mass is 346 g/mol. The van der Waals surface area contributed by atoms with E-state index in [1.165, 1.54) is 38.1 Å². The van der Waals surface area contributed by atoms with E-state index in [9.17, 15) is 30.0 Å². The summed E-state index contributed by atoms with van der Waals surface area (Å²) >= 11 is 0. The number of aliphatic hydroxyl groups is 1. The Hall–Kier alpha value is -2.84. The topological polar surface area (TPSA) is 121 Å². The molecule has 1 heterocycles. The molecule has 0 amide bonds. The number of rotatable bonds is 4. The number of para-hydroxylation sites is 1. The molecule has 0 fully saturated rings. The summed E-state index contributed by atoms with van der Waals surface area (Å²) in [5, 5.41) is 33.8. The number of nitro benzene ring substituents is 1. The standard InChI is InChI=1S/C17H18N2O6/c1-9-15(11(3)20)17(22,16(12(4)21)10(2)18(9)23)13-7-5-6-8-14(13)19(24)25/h5-8,22-23H,1-4H3. The van der Waals surface area contributed by atoms with Gasteiger partial charge in [0, 0.05) is 6.07 Å². The zero-order valence-electron chi connectivity index (χ0n) is 14.2. The quantitative estimate of drug-likeness (QED) is 0.633. The van der Waals surface area contributed by atoms with E-state index >= 15 is 0 Å². The van der Waals surface area contributed by atoms with Crippen LogP contribution in [0.3, 0.4) is 0 Å². The van der Waals surface area contributed by atoms with Gasteiger partial charge < -0.3 is 5.11 Å². The first-order chi connectivity index (χ1) is 11.5. The largest absolute Gasteiger partial charge is 0.375 e. The third-order valence-corrected chi connectivity index (χ3v) is 4.28. The Morgan fingerprint density at radius 2 is 1.52 bits per heavy atom. The fraction of sp³-hybridized carbons (Fsp3) is 0.294. The van der Waals surface area contributed by atoms with Gasteiger partial charge in [0.1, 0.15) is 0 Å². The van der Waals surface area contributed by atoms with Crippen LogP contribution in [0.1, 0.15) is 33.3 Å². The van der Waals surface area contributed by atoms with Crippen molar-refractivity contribution >= 4 is 17.3 Å². The first-order valence-electron chi connectivity index (χ1n) is 7.45. The van der Waals surface area contributed by atoms with Crippen molar-refractivity contribution < 1.29 is 24.8 Å². The fourth-order valence-electron chi connectivity index (χ4n) is 3.34. The number of Topliss-reactive ketones (excluding diaryl/α,β-unsaturated/α-hetero) is 2. The molecule has 2 N–H and O–H groups in total. The second-order valence-corrected chi connectivity index (χ2v) is 5.83. The molecule has 1 aromatic rings. The van der Waals surface area contributed by atoms with Crippen LogP contribution in [0, 0.1) is 10.1 Å². The summed E-state index contributed by atoms with van der Waals surface area (Å²) in [6.07, 6.45) is 0. The number of nitrogens with zero attached hydrogens (tertiary/aromatic N) is 2. The molecular formula is C17H18N2O6. The molecule has 2 rings (SSSR count). The number of hydroxylamine groups is 2. The second-order valence-electron chi connectivity index (χ2n) is 5.83. The number of ketones is 2. The summed E-state index contributed by atoms with van der Waals surface area (Å²) in [6, 6.07) is 5.35. The molecule has 8 heteroatoms. The number of hydrogen-bond donors (Lipinski definition) is 2. The average molecular weight is 346 g/mol. The van der Waals surface area contributed by atoms with Crippen LogP contribution in [0.25, 0.3) is 0 Å². The zero-order valence-corrected chi connectivity index (χ0v) is 14.2. The van der Waals surface area contributed by atoms with Crippen molar-refractivity contribution in [1.29, 1.82) is 0 Å². The van der Waals surface area contributed by atoms with E-state index in [4.69, 9.17) is 0 Å². The van der Waals surface area contributed by atoms with Gasteiger partial charge in [-0.05, 0) is 33.8 Å². The minimum absolute atomic E-state index is 0.00403. The highest BCUT2D eigenvalue weighted by atomic mass is 16.6. The lowest BCUT2D eigenvalue weighted by Gasteiger charge is -2.40. The first kappa shape index (κ1) is 18.5. The Bertz CT molecular complexity index is 814. The maximum absolute atomic E-state index is 12.2. The summed E-state index contributed by atoms with van der Waals surface area (Å²) in [5.41, 5.74) is -3.57. The Morgan fingerprint density at radius 1 is 1.08 bits per heavy atom. The van der Waals surface area contributed by atoms with Crippen LogP contribution < -0.4 is 0 Å². The predicted octanol–water partition coefficient (Wildman–Crippen LogP) is 2.21. The van der Waals surface area contributed by atoms with Gasteiger partial charge in [0.25, 0.3) is 5.69 Å². The van der Waals surface area contributed by atoms with Gasteiger partial charge in [0.2, 0.25) is 0 Å². The van der Waals surface area contributed by atoms with Crippen LogP contribution in [0.4, 0.5) is 5.69 Å². The van der Waals surface area contributed by atoms with E-state index in [2.05, 4.69) is 0 Å². The highest BCUT2D eigenvalue weighted by Crippen LogP contribution is 2.47. The van der Waals surface area contributed by atoms with Crippen molar-refractivity contribution in [3.63, 3.8) is 0 Å². The predicted molar refractivity (Wildman–Crippen MR) is 87.4 cm³/mol. The van der Waals surface area contributed by atoms with Gasteiger partial charge in [-0.25, -0.2) is 5.06 Å². The molecule has 132 valence electrons. The molecule has 0 radical (unpaired) electrons. The molecule has 1 aliphatic rings. The lowest BCUT2D eigenvalue weighted by atomic mass is 9.73. The van der Waals surface area contributed by atoms with Gasteiger partial charge in [0.05, 0.1) is 33.0 Å². The van der Waals surface area contributed by atoms with Gasteiger partial charge in [-0.2, -0.15) is 0 Å². The molecule has 8 nitrogen and oxygen atoms in total. The van der Waals surface area contributed by atoms with Crippen molar-refractivity contribution in [2.24, 2.45) is 0 Å². The molecule has 0 bridgehead atoms. The van der Waals surface area contributed by atoms with Crippen LogP contribution in [-0.2, 0) is 15.2 Å². The van der Waals surface area contributed by atoms with Crippen molar-refractivity contribution in [2.75, 3.05) is 0 Å². The van der Waals surface area contributed by atoms with E-state index in [-0.39, 0.29) is 28.1 Å². The van der Waals surface area contributed by atoms with Gasteiger partial charge >= 0.3 is 0 Å². The molecule has 1 aromatic carbocycles. The minimum atomic E-state index is -2.34. The molecule has 0 unspecified atom stereocenters. The number of nitro groups is 1. The van der Waals surface area contributed by atoms with Crippen molar-refractivity contribution in [2.45, 2.75) is 33.3 Å². The van der Waals surface area contributed by atoms with E-state index in [1.54, 1.807) is 0 Å². The number of hydrogen-bond acceptors (Lipinski definition) is 7. The maximum Gasteiger partial charge on any atom is 0.276 e. The van der Waals surface area contributed by atoms with Crippen molar-refractivity contribution in [3.8, 4) is 0 Å². The molecule has 1 aliphatic heterocycles. The van der Waals surface area contributed by atoms with Crippen LogP contribution in [0.2, 0.25) is 0 Å². The second kappa shape index (κ2) is 6.23. The SMILES string of the molecule is CC(=O)C1=C(C)N(O)C(C)=C(C(C)=O)C1(O)c1ccccc1[N+](=O)[O-]. The molecule has 0 aromatic heterocycles. The molecule has 0 saturated heterocycles. The average Bonchev–Trinajstić information content (AvgIpc) is 2.52. The van der Waals surface area contributed by atoms with Gasteiger partial charge in [-0.15, -0.1) is 0 Å². The molecule has 0 atom stereocenters. The van der Waals surface area contributed by atoms with E-state index in [0.29, 0.717) is 5.06 Å². The number of carbonyl (C=O) groups is 2. The summed E-state index contributed by atoms with van der Waals surface area (Å²) in [4.78, 5) is 35.2. The normalized spacial score (nSPS) is 17.0. The highest BCUT2D eigenvalue weighted by Gasteiger charge is 2.51. The Kier molecular flexibility index (Phi) is 4.61. The van der Waals surface area contributed by atoms with Crippen LogP contribution in [-0.4, -0.2) is 31.9 Å². The smallest absolute Gasteiger partial charge is 0.276 e. The van der Waals surface area contributed by atoms with E-state index in [0.717, 1.165) is 13.8 Å². The van der Waals surface area contributed by atoms with Crippen molar-refractivity contribution in [1.82, 2.24) is 5.06 Å². The minimum Gasteiger partial charge on any atom is -0.375 e. The summed E-state index contributed by atoms with van der Waals surface area (Å²) in [7, 11) is 0. The maximum atomic E-state index is 12.2. The van der Waals surface area contributed by atoms with Crippen LogP contribution in [0.15, 0.2) is 46.8 Å². The molecule has 0 aliphatic carbocycles. The third kappa shape index (κ3) is 2.65. The molecule has 0 saturated carbocycles. The van der Waals surface area contributed by atoms with E-state index in [1.807, 2.05) is 0 Å². The highest BCUT2D eigenvalue weighted by molar-refractivity contribution is 6.05. The Morgan fingerprint density at radius 3 is 1.92 bits per heavy atom. The fourth-order valence-corrected chi connectivity index (χ4v) is 3.34. The van der Waals surface area contributed by atoms with Gasteiger partial charge in [-0.3, -0.25) is 24.9 Å². The lowest BCUT2D eigenvalue weighted by Crippen LogP contribution is -2.44. The first-order valence-corrected chi connectivity index (χ1v) is 7.45. The summed E-state index contributed by atoms with van der Waals surface area (Å²) in [6.45, 7) is 5.09. The number of carbonyl (C=O) groups excluding carboxylic acids is 2. The van der Waals surface area contributed by atoms with Gasteiger partial charge in [0.15, 0.2) is 17.2 Å². The summed E-state index contributed by atoms with van der Waals surface area (Å²) in [5.74, 6) is -1.24.